The number of rotatable bonds is 30. The van der Waals surface area contributed by atoms with Crippen molar-refractivity contribution in [1.82, 2.24) is 0 Å². The fourth-order valence-corrected chi connectivity index (χ4v) is 20.9. The summed E-state index contributed by atoms with van der Waals surface area (Å²) in [6.45, 7) is 35.3. The molecule has 18 unspecified atom stereocenters. The predicted octanol–water partition coefficient (Wildman–Crippen LogP) is 14.5. The van der Waals surface area contributed by atoms with Crippen LogP contribution < -0.4 is 0 Å². The second-order valence-electron chi connectivity index (χ2n) is 33.9. The summed E-state index contributed by atoms with van der Waals surface area (Å²) in [6, 6.07) is 0. The van der Waals surface area contributed by atoms with Crippen LogP contribution in [0.2, 0.25) is 0 Å². The van der Waals surface area contributed by atoms with E-state index in [1.807, 2.05) is 13.8 Å². The van der Waals surface area contributed by atoms with Crippen molar-refractivity contribution in [3.63, 3.8) is 0 Å². The van der Waals surface area contributed by atoms with E-state index in [0.29, 0.717) is 76.6 Å². The van der Waals surface area contributed by atoms with E-state index in [-0.39, 0.29) is 84.4 Å². The standard InChI is InChI=1S/C16H24O4.2C15H22O4.2C14H20O4.C13H18O4/c1-4-7-16(9-12-5-6-13(16)8-12)20-14(17)10-19-15(18)11(2)3;1-4-15(8-11-5-6-12(15)7-11)19-13(16)9-18-14(17)10(2)3;1-3-7-15(9-11-5-6-12(15)8-11)19-14(17)10-18-13(16)4-2;1-9(2)13(16)17-8-12(15)18-14(3)7-10-4-5-11(14)6-10;1-3-12(15)17-9-13(16)18-14(4-2)8-10-5-6-11(14)7-10;1-3-11(14)16-8-12(15)17-13(2)7-9-4-5-10(13)6-9/h12-13H,2,4-10H2,1,3H3;11-12H,2,4-9H2,1,3H3;4,11-12H,2-3,5-10H2,1H3;10-11H,1,4-8H2,2-3H3;3,10-11H,1,4-9H2,2H3;3,9-10H,1,4-8H2,2H3. The second kappa shape index (κ2) is 40.7. The minimum atomic E-state index is -0.597. The van der Waals surface area contributed by atoms with Crippen LogP contribution in [-0.2, 0) is 114 Å². The van der Waals surface area contributed by atoms with Crippen LogP contribution in [0.15, 0.2) is 74.4 Å². The molecule has 12 fully saturated rings. The first kappa shape index (κ1) is 90.3. The van der Waals surface area contributed by atoms with Gasteiger partial charge in [0.25, 0.3) is 0 Å². The lowest BCUT2D eigenvalue weighted by Crippen LogP contribution is -2.41. The Kier molecular flexibility index (Phi) is 33.1. The van der Waals surface area contributed by atoms with E-state index >= 15 is 0 Å². The Morgan fingerprint density at radius 2 is 0.523 bits per heavy atom. The van der Waals surface area contributed by atoms with Gasteiger partial charge in [-0.3, -0.25) is 0 Å². The smallest absolute Gasteiger partial charge is 0.344 e. The van der Waals surface area contributed by atoms with E-state index in [1.54, 1.807) is 20.8 Å². The minimum Gasteiger partial charge on any atom is -0.457 e. The van der Waals surface area contributed by atoms with Crippen molar-refractivity contribution in [2.24, 2.45) is 71.0 Å². The van der Waals surface area contributed by atoms with E-state index in [0.717, 1.165) is 147 Å². The molecule has 12 bridgehead atoms. The third-order valence-corrected chi connectivity index (χ3v) is 25.9. The first-order chi connectivity index (χ1) is 52.6. The van der Waals surface area contributed by atoms with Crippen molar-refractivity contribution >= 4 is 71.6 Å². The molecule has 0 N–H and O–H groups in total. The van der Waals surface area contributed by atoms with Gasteiger partial charge in [-0.2, -0.15) is 0 Å². The Balaban J connectivity index is 0.000000185. The SMILES string of the molecule is C=C(C)C(=O)OCC(=O)OC1(C)CC2CCC1C2.C=C(C)C(=O)OCC(=O)OC1(CC)CC2CCC1C2.C=C(C)C(=O)OCC(=O)OC1(CCC)CC2CCC1C2.C=CC(=O)OCC(=O)OC1(C)CC2CCC1C2.C=CC(=O)OCC(=O)OC1(CC)CC2CCC1C2.C=CC(=O)OCC(=O)OC1(CCC)CC2CCC1C2. The quantitative estimate of drug-likeness (QED) is 0.0366. The molecule has 0 aromatic rings. The highest BCUT2D eigenvalue weighted by molar-refractivity contribution is 5.90. The Morgan fingerprint density at radius 3 is 0.712 bits per heavy atom. The summed E-state index contributed by atoms with van der Waals surface area (Å²) in [7, 11) is 0. The number of carbonyl (C=O) groups is 12. The molecule has 24 nitrogen and oxygen atoms in total. The van der Waals surface area contributed by atoms with Crippen LogP contribution in [-0.4, -0.2) is 145 Å². The van der Waals surface area contributed by atoms with Gasteiger partial charge in [0.15, 0.2) is 39.6 Å². The molecular weight excluding hydrogens is 1430 g/mol. The molecule has 618 valence electrons. The van der Waals surface area contributed by atoms with Crippen LogP contribution >= 0.6 is 0 Å². The van der Waals surface area contributed by atoms with Crippen molar-refractivity contribution in [1.29, 1.82) is 0 Å². The molecule has 0 aromatic heterocycles. The lowest BCUT2D eigenvalue weighted by atomic mass is 9.81. The monoisotopic (exact) mass is 1550 g/mol. The summed E-state index contributed by atoms with van der Waals surface area (Å²) in [6.07, 6.45) is 35.9. The first-order valence-electron chi connectivity index (χ1n) is 40.7. The number of hydrogen-bond donors (Lipinski definition) is 0. The molecule has 12 saturated carbocycles. The molecule has 0 radical (unpaired) electrons. The summed E-state index contributed by atoms with van der Waals surface area (Å²) in [4.78, 5) is 137. The summed E-state index contributed by atoms with van der Waals surface area (Å²) < 4.78 is 62.3. The van der Waals surface area contributed by atoms with E-state index in [1.165, 1.54) is 64.2 Å². The molecule has 24 heteroatoms. The summed E-state index contributed by atoms with van der Waals surface area (Å²) in [5.41, 5.74) is -1.04. The van der Waals surface area contributed by atoms with Crippen LogP contribution in [0.5, 0.6) is 0 Å². The Hall–Kier alpha value is -7.92. The van der Waals surface area contributed by atoms with Crippen molar-refractivity contribution in [3.05, 3.63) is 74.4 Å². The average Bonchev–Trinajstić information content (AvgIpc) is 1.64. The Bertz CT molecular complexity index is 3420. The summed E-state index contributed by atoms with van der Waals surface area (Å²) in [5.74, 6) is 1.07. The Morgan fingerprint density at radius 1 is 0.306 bits per heavy atom. The average molecular weight is 1560 g/mol. The maximum atomic E-state index is 12.0. The zero-order chi connectivity index (χ0) is 81.7. The lowest BCUT2D eigenvalue weighted by Gasteiger charge is -2.37. The Labute approximate surface area is 656 Å². The first-order valence-corrected chi connectivity index (χ1v) is 40.7. The topological polar surface area (TPSA) is 316 Å². The van der Waals surface area contributed by atoms with Crippen molar-refractivity contribution in [2.45, 2.75) is 289 Å². The summed E-state index contributed by atoms with van der Waals surface area (Å²) >= 11 is 0. The van der Waals surface area contributed by atoms with Gasteiger partial charge < -0.3 is 56.8 Å². The largest absolute Gasteiger partial charge is 0.457 e. The van der Waals surface area contributed by atoms with Crippen LogP contribution in [0, 0.1) is 71.0 Å². The molecular formula is C87H126O24. The maximum absolute atomic E-state index is 12.0. The molecule has 12 rings (SSSR count). The van der Waals surface area contributed by atoms with Crippen molar-refractivity contribution < 1.29 is 114 Å². The molecule has 111 heavy (non-hydrogen) atoms. The van der Waals surface area contributed by atoms with Gasteiger partial charge in [0.05, 0.1) is 0 Å². The zero-order valence-electron chi connectivity index (χ0n) is 67.7. The van der Waals surface area contributed by atoms with E-state index < -0.39 is 71.6 Å². The number of fused-ring (bicyclic) bond motifs is 12. The number of hydrogen-bond acceptors (Lipinski definition) is 24. The zero-order valence-corrected chi connectivity index (χ0v) is 67.7. The van der Waals surface area contributed by atoms with Crippen molar-refractivity contribution in [3.8, 4) is 0 Å². The van der Waals surface area contributed by atoms with Crippen LogP contribution in [0.25, 0.3) is 0 Å². The molecule has 12 aliphatic rings. The van der Waals surface area contributed by atoms with Gasteiger partial charge in [-0.1, -0.05) is 80.0 Å². The predicted molar refractivity (Wildman–Crippen MR) is 408 cm³/mol. The van der Waals surface area contributed by atoms with E-state index in [9.17, 15) is 57.5 Å². The molecule has 12 aliphatic carbocycles. The lowest BCUT2D eigenvalue weighted by molar-refractivity contribution is -0.175. The van der Waals surface area contributed by atoms with Gasteiger partial charge in [0.1, 0.15) is 33.6 Å². The fraction of sp³-hybridized carbons (Fsp3) is 0.724. The molecule has 18 atom stereocenters. The van der Waals surface area contributed by atoms with Gasteiger partial charge in [-0.05, 0) is 285 Å². The van der Waals surface area contributed by atoms with E-state index in [2.05, 4.69) is 71.9 Å². The highest BCUT2D eigenvalue weighted by Gasteiger charge is 2.57. The van der Waals surface area contributed by atoms with Gasteiger partial charge >= 0.3 is 71.6 Å². The molecule has 0 heterocycles. The normalized spacial score (nSPS) is 32.6. The van der Waals surface area contributed by atoms with E-state index in [4.69, 9.17) is 52.1 Å². The molecule has 0 spiro atoms. The number of carbonyl (C=O) groups excluding carboxylic acids is 12. The fourth-order valence-electron chi connectivity index (χ4n) is 20.9. The molecule has 0 aromatic carbocycles. The van der Waals surface area contributed by atoms with Crippen LogP contribution in [0.1, 0.15) is 255 Å². The molecule has 0 amide bonds. The van der Waals surface area contributed by atoms with Gasteiger partial charge in [-0.15, -0.1) is 0 Å². The maximum Gasteiger partial charge on any atom is 0.344 e. The second-order valence-corrected chi connectivity index (χ2v) is 33.9. The highest BCUT2D eigenvalue weighted by atomic mass is 16.6. The van der Waals surface area contributed by atoms with Crippen LogP contribution in [0.3, 0.4) is 0 Å². The number of esters is 12. The van der Waals surface area contributed by atoms with Gasteiger partial charge in [0.2, 0.25) is 0 Å². The van der Waals surface area contributed by atoms with Crippen LogP contribution in [0.4, 0.5) is 0 Å². The molecule has 0 aliphatic heterocycles. The van der Waals surface area contributed by atoms with Gasteiger partial charge in [-0.25, -0.2) is 57.5 Å². The highest BCUT2D eigenvalue weighted by Crippen LogP contribution is 2.59. The minimum absolute atomic E-state index is 0.286. The molecule has 0 saturated heterocycles. The third-order valence-electron chi connectivity index (χ3n) is 25.9. The summed E-state index contributed by atoms with van der Waals surface area (Å²) in [5, 5.41) is 0. The van der Waals surface area contributed by atoms with Gasteiger partial charge in [0, 0.05) is 34.9 Å². The third kappa shape index (κ3) is 24.5. The number of ether oxygens (including phenoxy) is 12. The van der Waals surface area contributed by atoms with Crippen molar-refractivity contribution in [2.75, 3.05) is 39.6 Å².